The van der Waals surface area contributed by atoms with Gasteiger partial charge < -0.3 is 9.64 Å². The number of amides is 1. The molecule has 2 fully saturated rings. The average Bonchev–Trinajstić information content (AvgIpc) is 3.26. The maximum absolute atomic E-state index is 13.3. The van der Waals surface area contributed by atoms with E-state index < -0.39 is 5.41 Å². The van der Waals surface area contributed by atoms with Crippen molar-refractivity contribution in [3.05, 3.63) is 42.5 Å². The topological polar surface area (TPSA) is 60.2 Å². The Morgan fingerprint density at radius 1 is 1.33 bits per heavy atom. The minimum Gasteiger partial charge on any atom is -0.496 e. The van der Waals surface area contributed by atoms with Crippen LogP contribution in [0, 0.1) is 0 Å². The minimum absolute atomic E-state index is 0.221. The molecule has 2 heterocycles. The number of para-hydroxylation sites is 1. The van der Waals surface area contributed by atoms with Crippen LogP contribution in [0.15, 0.2) is 36.9 Å². The van der Waals surface area contributed by atoms with E-state index in [1.807, 2.05) is 33.8 Å². The summed E-state index contributed by atoms with van der Waals surface area (Å²) in [7, 11) is 1.67. The summed E-state index contributed by atoms with van der Waals surface area (Å²) in [6, 6.07) is 8.13. The van der Waals surface area contributed by atoms with Gasteiger partial charge in [-0.2, -0.15) is 5.10 Å². The molecule has 2 aromatic rings. The Kier molecular flexibility index (Phi) is 3.75. The fourth-order valence-electron chi connectivity index (χ4n) is 3.83. The molecular formula is C18H22N4O2. The van der Waals surface area contributed by atoms with Crippen LogP contribution in [0.25, 0.3) is 0 Å². The molecule has 0 radical (unpaired) electrons. The highest BCUT2D eigenvalue weighted by Gasteiger charge is 2.54. The van der Waals surface area contributed by atoms with Crippen molar-refractivity contribution in [2.75, 3.05) is 20.2 Å². The summed E-state index contributed by atoms with van der Waals surface area (Å²) in [5, 5.41) is 4.24. The minimum atomic E-state index is -0.392. The number of carbonyl (C=O) groups is 1. The monoisotopic (exact) mass is 326 g/mol. The zero-order valence-corrected chi connectivity index (χ0v) is 13.9. The van der Waals surface area contributed by atoms with Crippen LogP contribution in [-0.4, -0.2) is 45.8 Å². The van der Waals surface area contributed by atoms with Gasteiger partial charge in [0.15, 0.2) is 0 Å². The number of benzene rings is 1. The van der Waals surface area contributed by atoms with Gasteiger partial charge in [0.05, 0.1) is 18.6 Å². The molecule has 1 aliphatic heterocycles. The Hall–Kier alpha value is -2.37. The third-order valence-corrected chi connectivity index (χ3v) is 5.28. The first-order chi connectivity index (χ1) is 11.7. The number of ether oxygens (including phenoxy) is 1. The standard InChI is InChI=1S/C18H22N4O2/c1-24-16-7-3-2-6-15(16)18(8-9-18)17(23)21-10-4-5-14(11-21)22-13-19-12-20-22/h2-3,6-7,12-14H,4-5,8-11H2,1H3/t14-/m1/s1. The van der Waals surface area contributed by atoms with Gasteiger partial charge >= 0.3 is 0 Å². The molecule has 1 saturated carbocycles. The van der Waals surface area contributed by atoms with Crippen molar-refractivity contribution in [3.63, 3.8) is 0 Å². The Labute approximate surface area is 141 Å². The molecule has 6 nitrogen and oxygen atoms in total. The molecule has 0 unspecified atom stereocenters. The van der Waals surface area contributed by atoms with Crippen molar-refractivity contribution in [1.29, 1.82) is 0 Å². The van der Waals surface area contributed by atoms with Gasteiger partial charge in [0.25, 0.3) is 0 Å². The number of rotatable bonds is 4. The molecular weight excluding hydrogens is 304 g/mol. The van der Waals surface area contributed by atoms with Crippen molar-refractivity contribution in [3.8, 4) is 5.75 Å². The highest BCUT2D eigenvalue weighted by Crippen LogP contribution is 2.52. The second-order valence-corrected chi connectivity index (χ2v) is 6.71. The maximum Gasteiger partial charge on any atom is 0.233 e. The van der Waals surface area contributed by atoms with Crippen LogP contribution in [-0.2, 0) is 10.2 Å². The van der Waals surface area contributed by atoms with Crippen LogP contribution >= 0.6 is 0 Å². The third-order valence-electron chi connectivity index (χ3n) is 5.28. The van der Waals surface area contributed by atoms with E-state index in [0.717, 1.165) is 43.5 Å². The average molecular weight is 326 g/mol. The first kappa shape index (κ1) is 15.2. The van der Waals surface area contributed by atoms with Crippen LogP contribution in [0.5, 0.6) is 5.75 Å². The van der Waals surface area contributed by atoms with Gasteiger partial charge in [0.2, 0.25) is 5.91 Å². The van der Waals surface area contributed by atoms with E-state index in [1.54, 1.807) is 19.8 Å². The van der Waals surface area contributed by atoms with E-state index in [1.165, 1.54) is 0 Å². The predicted molar refractivity (Wildman–Crippen MR) is 88.8 cm³/mol. The number of piperidine rings is 1. The number of hydrogen-bond acceptors (Lipinski definition) is 4. The van der Waals surface area contributed by atoms with Crippen molar-refractivity contribution in [2.45, 2.75) is 37.1 Å². The van der Waals surface area contributed by atoms with Gasteiger partial charge in [0, 0.05) is 18.7 Å². The molecule has 1 aliphatic carbocycles. The van der Waals surface area contributed by atoms with E-state index >= 15 is 0 Å². The fourth-order valence-corrected chi connectivity index (χ4v) is 3.83. The largest absolute Gasteiger partial charge is 0.496 e. The first-order valence-electron chi connectivity index (χ1n) is 8.51. The van der Waals surface area contributed by atoms with E-state index in [2.05, 4.69) is 10.1 Å². The van der Waals surface area contributed by atoms with Crippen molar-refractivity contribution < 1.29 is 9.53 Å². The molecule has 0 N–H and O–H groups in total. The van der Waals surface area contributed by atoms with Crippen molar-refractivity contribution >= 4 is 5.91 Å². The van der Waals surface area contributed by atoms with Gasteiger partial charge in [0.1, 0.15) is 18.4 Å². The van der Waals surface area contributed by atoms with Crippen molar-refractivity contribution in [1.82, 2.24) is 19.7 Å². The lowest BCUT2D eigenvalue weighted by atomic mass is 9.92. The normalized spacial score (nSPS) is 22.2. The lowest BCUT2D eigenvalue weighted by molar-refractivity contribution is -0.135. The first-order valence-corrected chi connectivity index (χ1v) is 8.51. The second-order valence-electron chi connectivity index (χ2n) is 6.71. The molecule has 1 aromatic carbocycles. The lowest BCUT2D eigenvalue weighted by Crippen LogP contribution is -2.45. The van der Waals surface area contributed by atoms with Crippen LogP contribution in [0.3, 0.4) is 0 Å². The summed E-state index contributed by atoms with van der Waals surface area (Å²) in [5.41, 5.74) is 0.636. The fraction of sp³-hybridized carbons (Fsp3) is 0.500. The summed E-state index contributed by atoms with van der Waals surface area (Å²) in [5.74, 6) is 1.05. The predicted octanol–water partition coefficient (Wildman–Crippen LogP) is 2.18. The summed E-state index contributed by atoms with van der Waals surface area (Å²) in [4.78, 5) is 19.3. The number of nitrogens with zero attached hydrogens (tertiary/aromatic N) is 4. The van der Waals surface area contributed by atoms with Gasteiger partial charge in [-0.05, 0) is 31.7 Å². The SMILES string of the molecule is COc1ccccc1C1(C(=O)N2CCC[C@@H](n3cncn3)C2)CC1. The highest BCUT2D eigenvalue weighted by molar-refractivity contribution is 5.92. The molecule has 1 amide bonds. The Morgan fingerprint density at radius 3 is 2.88 bits per heavy atom. The van der Waals surface area contributed by atoms with Crippen LogP contribution < -0.4 is 4.74 Å². The summed E-state index contributed by atoms with van der Waals surface area (Å²) in [6.45, 7) is 1.53. The molecule has 1 atom stereocenters. The van der Waals surface area contributed by atoms with Crippen LogP contribution in [0.1, 0.15) is 37.3 Å². The zero-order valence-electron chi connectivity index (χ0n) is 13.9. The molecule has 1 aromatic heterocycles. The summed E-state index contributed by atoms with van der Waals surface area (Å²) < 4.78 is 7.37. The van der Waals surface area contributed by atoms with Gasteiger partial charge in [-0.25, -0.2) is 9.67 Å². The molecule has 6 heteroatoms. The van der Waals surface area contributed by atoms with Crippen molar-refractivity contribution in [2.24, 2.45) is 0 Å². The molecule has 0 bridgehead atoms. The Bertz CT molecular complexity index is 724. The molecule has 4 rings (SSSR count). The van der Waals surface area contributed by atoms with E-state index in [0.29, 0.717) is 6.54 Å². The smallest absolute Gasteiger partial charge is 0.233 e. The quantitative estimate of drug-likeness (QED) is 0.864. The number of carbonyl (C=O) groups excluding carboxylic acids is 1. The number of aromatic nitrogens is 3. The molecule has 0 spiro atoms. The lowest BCUT2D eigenvalue weighted by Gasteiger charge is -2.35. The Morgan fingerprint density at radius 2 is 2.17 bits per heavy atom. The zero-order chi connectivity index (χ0) is 16.6. The van der Waals surface area contributed by atoms with E-state index in [9.17, 15) is 4.79 Å². The summed E-state index contributed by atoms with van der Waals surface area (Å²) >= 11 is 0. The number of likely N-dealkylation sites (tertiary alicyclic amines) is 1. The number of hydrogen-bond donors (Lipinski definition) is 0. The molecule has 1 saturated heterocycles. The van der Waals surface area contributed by atoms with Gasteiger partial charge in [-0.15, -0.1) is 0 Å². The Balaban J connectivity index is 1.57. The third kappa shape index (κ3) is 2.46. The number of methoxy groups -OCH3 is 1. The second kappa shape index (κ2) is 5.92. The molecule has 2 aliphatic rings. The van der Waals surface area contributed by atoms with Crippen LogP contribution in [0.4, 0.5) is 0 Å². The molecule has 24 heavy (non-hydrogen) atoms. The highest BCUT2D eigenvalue weighted by atomic mass is 16.5. The van der Waals surface area contributed by atoms with E-state index in [4.69, 9.17) is 4.74 Å². The van der Waals surface area contributed by atoms with Crippen LogP contribution in [0.2, 0.25) is 0 Å². The molecule has 126 valence electrons. The van der Waals surface area contributed by atoms with E-state index in [-0.39, 0.29) is 11.9 Å². The summed E-state index contributed by atoms with van der Waals surface area (Å²) in [6.07, 6.45) is 7.13. The maximum atomic E-state index is 13.3. The van der Waals surface area contributed by atoms with Gasteiger partial charge in [-0.3, -0.25) is 4.79 Å². The van der Waals surface area contributed by atoms with Gasteiger partial charge in [-0.1, -0.05) is 18.2 Å².